The Bertz CT molecular complexity index is 593. The van der Waals surface area contributed by atoms with Crippen molar-refractivity contribution in [3.63, 3.8) is 0 Å². The lowest BCUT2D eigenvalue weighted by molar-refractivity contribution is 0.0253. The molecule has 0 amide bonds. The lowest BCUT2D eigenvalue weighted by atomic mass is 9.95. The smallest absolute Gasteiger partial charge is 0.339 e. The predicted octanol–water partition coefficient (Wildman–Crippen LogP) is 3.90. The topological polar surface area (TPSA) is 26.3 Å². The van der Waals surface area contributed by atoms with Crippen LogP contribution in [0.3, 0.4) is 0 Å². The molecular weight excluding hydrogens is 292 g/mol. The van der Waals surface area contributed by atoms with E-state index in [0.29, 0.717) is 5.56 Å². The minimum absolute atomic E-state index is 0.180. The molecule has 0 saturated carbocycles. The van der Waals surface area contributed by atoms with Crippen LogP contribution in [0.1, 0.15) is 27.6 Å². The fourth-order valence-electron chi connectivity index (χ4n) is 2.22. The van der Waals surface area contributed by atoms with E-state index >= 15 is 0 Å². The van der Waals surface area contributed by atoms with Crippen LogP contribution in [-0.4, -0.2) is 5.97 Å². The summed E-state index contributed by atoms with van der Waals surface area (Å²) in [7, 11) is 0. The molecule has 0 radical (unpaired) electrons. The number of carbonyl (C=O) groups excluding carboxylic acids is 1. The van der Waals surface area contributed by atoms with Crippen LogP contribution in [0.15, 0.2) is 53.0 Å². The largest absolute Gasteiger partial charge is 0.454 e. The zero-order valence-electron chi connectivity index (χ0n) is 9.60. The molecule has 1 atom stereocenters. The molecule has 1 aliphatic heterocycles. The second kappa shape index (κ2) is 4.58. The molecule has 1 aliphatic rings. The van der Waals surface area contributed by atoms with Crippen molar-refractivity contribution in [1.29, 1.82) is 0 Å². The lowest BCUT2D eigenvalue weighted by Gasteiger charge is -2.25. The van der Waals surface area contributed by atoms with E-state index in [1.165, 1.54) is 0 Å². The van der Waals surface area contributed by atoms with Crippen LogP contribution in [-0.2, 0) is 11.2 Å². The summed E-state index contributed by atoms with van der Waals surface area (Å²) in [5, 5.41) is 0. The summed E-state index contributed by atoms with van der Waals surface area (Å²) < 4.78 is 6.47. The van der Waals surface area contributed by atoms with Gasteiger partial charge >= 0.3 is 5.97 Å². The first-order chi connectivity index (χ1) is 8.74. The highest BCUT2D eigenvalue weighted by atomic mass is 79.9. The SMILES string of the molecule is O=C1OC(c2ccccc2)Cc2cc(Br)ccc21. The van der Waals surface area contributed by atoms with E-state index in [2.05, 4.69) is 15.9 Å². The Balaban J connectivity index is 1.98. The average molecular weight is 303 g/mol. The predicted molar refractivity (Wildman–Crippen MR) is 72.4 cm³/mol. The van der Waals surface area contributed by atoms with Crippen LogP contribution in [0, 0.1) is 0 Å². The Morgan fingerprint density at radius 1 is 1.11 bits per heavy atom. The molecule has 3 heteroatoms. The summed E-state index contributed by atoms with van der Waals surface area (Å²) in [5.41, 5.74) is 2.75. The number of benzene rings is 2. The second-order valence-electron chi connectivity index (χ2n) is 4.31. The molecular formula is C15H11BrO2. The maximum absolute atomic E-state index is 11.9. The first kappa shape index (κ1) is 11.5. The van der Waals surface area contributed by atoms with Crippen LogP contribution in [0.2, 0.25) is 0 Å². The highest BCUT2D eigenvalue weighted by Crippen LogP contribution is 2.31. The molecule has 0 fully saturated rings. The molecule has 0 saturated heterocycles. The molecule has 2 aromatic rings. The summed E-state index contributed by atoms with van der Waals surface area (Å²) in [6, 6.07) is 15.5. The quantitative estimate of drug-likeness (QED) is 0.747. The summed E-state index contributed by atoms with van der Waals surface area (Å²) in [6.07, 6.45) is 0.547. The van der Waals surface area contributed by atoms with Gasteiger partial charge in [-0.3, -0.25) is 0 Å². The summed E-state index contributed by atoms with van der Waals surface area (Å²) in [4.78, 5) is 11.9. The van der Waals surface area contributed by atoms with Gasteiger partial charge in [-0.2, -0.15) is 0 Å². The molecule has 0 spiro atoms. The molecule has 0 bridgehead atoms. The zero-order valence-corrected chi connectivity index (χ0v) is 11.2. The molecule has 2 nitrogen and oxygen atoms in total. The Kier molecular flexibility index (Phi) is 2.92. The Labute approximate surface area is 114 Å². The fraction of sp³-hybridized carbons (Fsp3) is 0.133. The standard InChI is InChI=1S/C15H11BrO2/c16-12-6-7-13-11(8-12)9-14(18-15(13)17)10-4-2-1-3-5-10/h1-8,14H,9H2. The number of ether oxygens (including phenoxy) is 1. The van der Waals surface area contributed by atoms with Gasteiger partial charge in [0, 0.05) is 10.9 Å². The molecule has 18 heavy (non-hydrogen) atoms. The monoisotopic (exact) mass is 302 g/mol. The lowest BCUT2D eigenvalue weighted by Crippen LogP contribution is -2.21. The van der Waals surface area contributed by atoms with Gasteiger partial charge in [0.05, 0.1) is 5.56 Å². The van der Waals surface area contributed by atoms with Crippen molar-refractivity contribution in [2.45, 2.75) is 12.5 Å². The van der Waals surface area contributed by atoms with Gasteiger partial charge in [-0.05, 0) is 29.3 Å². The molecule has 0 aromatic heterocycles. The van der Waals surface area contributed by atoms with E-state index in [1.807, 2.05) is 48.5 Å². The number of carbonyl (C=O) groups is 1. The highest BCUT2D eigenvalue weighted by molar-refractivity contribution is 9.10. The van der Waals surface area contributed by atoms with Crippen molar-refractivity contribution >= 4 is 21.9 Å². The van der Waals surface area contributed by atoms with Crippen molar-refractivity contribution in [2.75, 3.05) is 0 Å². The normalized spacial score (nSPS) is 18.1. The number of rotatable bonds is 1. The number of fused-ring (bicyclic) bond motifs is 1. The minimum atomic E-state index is -0.238. The number of cyclic esters (lactones) is 1. The summed E-state index contributed by atoms with van der Waals surface area (Å²) in [6.45, 7) is 0. The number of hydrogen-bond donors (Lipinski definition) is 0. The fourth-order valence-corrected chi connectivity index (χ4v) is 2.63. The Morgan fingerprint density at radius 2 is 1.89 bits per heavy atom. The van der Waals surface area contributed by atoms with Crippen LogP contribution in [0.25, 0.3) is 0 Å². The van der Waals surface area contributed by atoms with Gasteiger partial charge in [-0.1, -0.05) is 46.3 Å². The van der Waals surface area contributed by atoms with E-state index in [0.717, 1.165) is 22.0 Å². The van der Waals surface area contributed by atoms with Gasteiger partial charge in [0.15, 0.2) is 0 Å². The van der Waals surface area contributed by atoms with Gasteiger partial charge in [-0.25, -0.2) is 4.79 Å². The van der Waals surface area contributed by atoms with E-state index < -0.39 is 0 Å². The first-order valence-corrected chi connectivity index (χ1v) is 6.58. The van der Waals surface area contributed by atoms with E-state index in [4.69, 9.17) is 4.74 Å². The van der Waals surface area contributed by atoms with Crippen molar-refractivity contribution in [1.82, 2.24) is 0 Å². The van der Waals surface area contributed by atoms with Crippen LogP contribution in [0.5, 0.6) is 0 Å². The van der Waals surface area contributed by atoms with Crippen molar-refractivity contribution in [2.24, 2.45) is 0 Å². The van der Waals surface area contributed by atoms with E-state index in [-0.39, 0.29) is 12.1 Å². The van der Waals surface area contributed by atoms with Gasteiger partial charge in [0.25, 0.3) is 0 Å². The second-order valence-corrected chi connectivity index (χ2v) is 5.23. The van der Waals surface area contributed by atoms with Crippen molar-refractivity contribution in [3.8, 4) is 0 Å². The van der Waals surface area contributed by atoms with Crippen LogP contribution < -0.4 is 0 Å². The zero-order chi connectivity index (χ0) is 12.5. The molecule has 1 heterocycles. The van der Waals surface area contributed by atoms with Gasteiger partial charge in [0.1, 0.15) is 6.10 Å². The summed E-state index contributed by atoms with van der Waals surface area (Å²) >= 11 is 3.43. The molecule has 0 aliphatic carbocycles. The Hall–Kier alpha value is -1.61. The maximum atomic E-state index is 11.9. The molecule has 0 N–H and O–H groups in total. The number of esters is 1. The highest BCUT2D eigenvalue weighted by Gasteiger charge is 2.27. The number of halogens is 1. The molecule has 90 valence electrons. The Morgan fingerprint density at radius 3 is 2.67 bits per heavy atom. The van der Waals surface area contributed by atoms with Crippen molar-refractivity contribution < 1.29 is 9.53 Å². The summed E-state index contributed by atoms with van der Waals surface area (Å²) in [5.74, 6) is -0.238. The van der Waals surface area contributed by atoms with Crippen LogP contribution in [0.4, 0.5) is 0 Å². The van der Waals surface area contributed by atoms with Gasteiger partial charge in [0.2, 0.25) is 0 Å². The van der Waals surface area contributed by atoms with Gasteiger partial charge in [-0.15, -0.1) is 0 Å². The molecule has 2 aromatic carbocycles. The molecule has 1 unspecified atom stereocenters. The average Bonchev–Trinajstić information content (AvgIpc) is 2.39. The molecule has 3 rings (SSSR count). The number of hydrogen-bond acceptors (Lipinski definition) is 2. The maximum Gasteiger partial charge on any atom is 0.339 e. The third kappa shape index (κ3) is 2.06. The third-order valence-electron chi connectivity index (χ3n) is 3.11. The third-order valence-corrected chi connectivity index (χ3v) is 3.61. The van der Waals surface area contributed by atoms with Gasteiger partial charge < -0.3 is 4.74 Å². The first-order valence-electron chi connectivity index (χ1n) is 5.78. The van der Waals surface area contributed by atoms with Crippen molar-refractivity contribution in [3.05, 3.63) is 69.7 Å². The van der Waals surface area contributed by atoms with E-state index in [1.54, 1.807) is 0 Å². The van der Waals surface area contributed by atoms with Crippen LogP contribution >= 0.6 is 15.9 Å². The minimum Gasteiger partial charge on any atom is -0.454 e. The van der Waals surface area contributed by atoms with E-state index in [9.17, 15) is 4.79 Å².